The Morgan fingerprint density at radius 1 is 1.35 bits per heavy atom. The maximum atomic E-state index is 12.2. The molecule has 0 spiro atoms. The number of rotatable bonds is 4. The Hall–Kier alpha value is -1.10. The van der Waals surface area contributed by atoms with Gasteiger partial charge >= 0.3 is 5.97 Å². The lowest BCUT2D eigenvalue weighted by Crippen LogP contribution is -2.51. The topological polar surface area (TPSA) is 81.4 Å². The molecular weight excluding hydrogens is 220 g/mol. The van der Waals surface area contributed by atoms with Gasteiger partial charge in [0.2, 0.25) is 5.91 Å². The van der Waals surface area contributed by atoms with Gasteiger partial charge in [-0.05, 0) is 19.8 Å². The zero-order chi connectivity index (χ0) is 12.9. The van der Waals surface area contributed by atoms with Crippen LogP contribution in [-0.2, 0) is 14.3 Å². The van der Waals surface area contributed by atoms with Gasteiger partial charge in [-0.2, -0.15) is 0 Å². The predicted molar refractivity (Wildman–Crippen MR) is 64.2 cm³/mol. The summed E-state index contributed by atoms with van der Waals surface area (Å²) in [7, 11) is 1.31. The second-order valence-corrected chi connectivity index (χ2v) is 4.76. The molecule has 0 aromatic heterocycles. The van der Waals surface area contributed by atoms with E-state index in [4.69, 9.17) is 5.73 Å². The number of amides is 1. The fourth-order valence-corrected chi connectivity index (χ4v) is 2.34. The van der Waals surface area contributed by atoms with Crippen molar-refractivity contribution in [3.63, 3.8) is 0 Å². The van der Waals surface area contributed by atoms with Crippen molar-refractivity contribution in [3.05, 3.63) is 0 Å². The van der Waals surface area contributed by atoms with Crippen LogP contribution < -0.4 is 11.1 Å². The van der Waals surface area contributed by atoms with Crippen LogP contribution in [0.25, 0.3) is 0 Å². The van der Waals surface area contributed by atoms with Crippen molar-refractivity contribution in [3.8, 4) is 0 Å². The largest absolute Gasteiger partial charge is 0.467 e. The summed E-state index contributed by atoms with van der Waals surface area (Å²) in [5.41, 5.74) is 5.26. The van der Waals surface area contributed by atoms with Gasteiger partial charge in [-0.25, -0.2) is 4.79 Å². The number of nitrogens with one attached hydrogen (secondary N) is 1. The molecule has 1 amide bonds. The number of hydrogen-bond acceptors (Lipinski definition) is 4. The van der Waals surface area contributed by atoms with Gasteiger partial charge in [0.15, 0.2) is 0 Å². The van der Waals surface area contributed by atoms with Gasteiger partial charge < -0.3 is 15.8 Å². The van der Waals surface area contributed by atoms with E-state index in [1.165, 1.54) is 7.11 Å². The van der Waals surface area contributed by atoms with Crippen LogP contribution >= 0.6 is 0 Å². The van der Waals surface area contributed by atoms with E-state index in [0.29, 0.717) is 6.54 Å². The quantitative estimate of drug-likeness (QED) is 0.706. The lowest BCUT2D eigenvalue weighted by molar-refractivity contribution is -0.146. The van der Waals surface area contributed by atoms with Crippen LogP contribution in [0.5, 0.6) is 0 Å². The minimum absolute atomic E-state index is 0.113. The third kappa shape index (κ3) is 3.19. The van der Waals surface area contributed by atoms with Crippen molar-refractivity contribution in [2.24, 2.45) is 11.1 Å². The van der Waals surface area contributed by atoms with E-state index in [1.54, 1.807) is 6.92 Å². The molecule has 17 heavy (non-hydrogen) atoms. The SMILES string of the molecule is COC(=O)[C@H](C)NC(=O)C1(CN)CCCCC1. The van der Waals surface area contributed by atoms with E-state index in [2.05, 4.69) is 10.1 Å². The molecule has 1 rings (SSSR count). The van der Waals surface area contributed by atoms with Crippen molar-refractivity contribution in [2.75, 3.05) is 13.7 Å². The van der Waals surface area contributed by atoms with Crippen molar-refractivity contribution < 1.29 is 14.3 Å². The molecule has 1 saturated carbocycles. The summed E-state index contributed by atoms with van der Waals surface area (Å²) in [6.07, 6.45) is 4.82. The highest BCUT2D eigenvalue weighted by atomic mass is 16.5. The summed E-state index contributed by atoms with van der Waals surface area (Å²) in [6.45, 7) is 1.96. The first-order valence-corrected chi connectivity index (χ1v) is 6.14. The normalized spacial score (nSPS) is 20.4. The average Bonchev–Trinajstić information content (AvgIpc) is 2.38. The average molecular weight is 242 g/mol. The molecule has 3 N–H and O–H groups in total. The lowest BCUT2D eigenvalue weighted by atomic mass is 9.73. The monoisotopic (exact) mass is 242 g/mol. The van der Waals surface area contributed by atoms with E-state index in [1.807, 2.05) is 0 Å². The third-order valence-electron chi connectivity index (χ3n) is 3.59. The molecule has 0 aromatic rings. The molecule has 1 aliphatic carbocycles. The van der Waals surface area contributed by atoms with Crippen molar-refractivity contribution in [1.82, 2.24) is 5.32 Å². The summed E-state index contributed by atoms with van der Waals surface area (Å²) >= 11 is 0. The molecule has 98 valence electrons. The molecule has 5 nitrogen and oxygen atoms in total. The highest BCUT2D eigenvalue weighted by Gasteiger charge is 2.39. The molecule has 0 saturated heterocycles. The van der Waals surface area contributed by atoms with E-state index in [-0.39, 0.29) is 5.91 Å². The smallest absolute Gasteiger partial charge is 0.328 e. The Morgan fingerprint density at radius 2 is 1.94 bits per heavy atom. The first kappa shape index (κ1) is 14.0. The number of carbonyl (C=O) groups is 2. The van der Waals surface area contributed by atoms with E-state index < -0.39 is 17.4 Å². The standard InChI is InChI=1S/C12H22N2O3/c1-9(10(15)17-2)14-11(16)12(8-13)6-4-3-5-7-12/h9H,3-8,13H2,1-2H3,(H,14,16)/t9-/m0/s1. The molecule has 0 bridgehead atoms. The molecule has 1 atom stereocenters. The molecule has 0 radical (unpaired) electrons. The van der Waals surface area contributed by atoms with Gasteiger partial charge in [-0.3, -0.25) is 4.79 Å². The van der Waals surface area contributed by atoms with Crippen molar-refractivity contribution in [2.45, 2.75) is 45.1 Å². The molecule has 1 fully saturated rings. The van der Waals surface area contributed by atoms with Crippen LogP contribution in [0.4, 0.5) is 0 Å². The van der Waals surface area contributed by atoms with Crippen LogP contribution in [0, 0.1) is 5.41 Å². The summed E-state index contributed by atoms with van der Waals surface area (Å²) in [6, 6.07) is -0.613. The number of ether oxygens (including phenoxy) is 1. The van der Waals surface area contributed by atoms with E-state index in [0.717, 1.165) is 32.1 Å². The zero-order valence-corrected chi connectivity index (χ0v) is 10.6. The number of nitrogens with two attached hydrogens (primary N) is 1. The maximum absolute atomic E-state index is 12.2. The Bertz CT molecular complexity index is 285. The Balaban J connectivity index is 2.63. The summed E-state index contributed by atoms with van der Waals surface area (Å²) < 4.78 is 4.58. The van der Waals surface area contributed by atoms with Crippen molar-refractivity contribution >= 4 is 11.9 Å². The van der Waals surface area contributed by atoms with Gasteiger partial charge in [-0.1, -0.05) is 19.3 Å². The lowest BCUT2D eigenvalue weighted by Gasteiger charge is -2.35. The van der Waals surface area contributed by atoms with Crippen molar-refractivity contribution in [1.29, 1.82) is 0 Å². The van der Waals surface area contributed by atoms with E-state index >= 15 is 0 Å². The minimum atomic E-state index is -0.613. The second-order valence-electron chi connectivity index (χ2n) is 4.76. The summed E-state index contributed by atoms with van der Waals surface area (Å²) in [5.74, 6) is -0.543. The van der Waals surface area contributed by atoms with Crippen LogP contribution in [-0.4, -0.2) is 31.6 Å². The van der Waals surface area contributed by atoms with Gasteiger partial charge in [0.05, 0.1) is 12.5 Å². The van der Waals surface area contributed by atoms with Crippen LogP contribution in [0.15, 0.2) is 0 Å². The van der Waals surface area contributed by atoms with Crippen LogP contribution in [0.2, 0.25) is 0 Å². The first-order valence-electron chi connectivity index (χ1n) is 6.14. The number of esters is 1. The molecule has 0 aliphatic heterocycles. The molecule has 0 aromatic carbocycles. The van der Waals surface area contributed by atoms with Crippen LogP contribution in [0.3, 0.4) is 0 Å². The number of hydrogen-bond donors (Lipinski definition) is 2. The molecule has 0 heterocycles. The number of carbonyl (C=O) groups excluding carboxylic acids is 2. The van der Waals surface area contributed by atoms with Gasteiger partial charge in [0.25, 0.3) is 0 Å². The molecule has 5 heteroatoms. The highest BCUT2D eigenvalue weighted by molar-refractivity contribution is 5.88. The molecular formula is C12H22N2O3. The Kier molecular flexibility index (Phi) is 4.93. The van der Waals surface area contributed by atoms with E-state index in [9.17, 15) is 9.59 Å². The highest BCUT2D eigenvalue weighted by Crippen LogP contribution is 2.35. The summed E-state index contributed by atoms with van der Waals surface area (Å²) in [4.78, 5) is 23.4. The Morgan fingerprint density at radius 3 is 2.41 bits per heavy atom. The maximum Gasteiger partial charge on any atom is 0.328 e. The predicted octanol–water partition coefficient (Wildman–Crippen LogP) is 0.573. The van der Waals surface area contributed by atoms with Gasteiger partial charge in [-0.15, -0.1) is 0 Å². The first-order chi connectivity index (χ1) is 8.05. The fourth-order valence-electron chi connectivity index (χ4n) is 2.34. The fraction of sp³-hybridized carbons (Fsp3) is 0.833. The molecule has 1 aliphatic rings. The van der Waals surface area contributed by atoms with Gasteiger partial charge in [0.1, 0.15) is 6.04 Å². The minimum Gasteiger partial charge on any atom is -0.467 e. The van der Waals surface area contributed by atoms with Gasteiger partial charge in [0, 0.05) is 6.54 Å². The summed E-state index contributed by atoms with van der Waals surface area (Å²) in [5, 5.41) is 2.70. The van der Waals surface area contributed by atoms with Crippen LogP contribution in [0.1, 0.15) is 39.0 Å². The number of methoxy groups -OCH3 is 1. The zero-order valence-electron chi connectivity index (χ0n) is 10.6. The Labute approximate surface area is 102 Å². The third-order valence-corrected chi connectivity index (χ3v) is 3.59. The second kappa shape index (κ2) is 6.00. The molecule has 0 unspecified atom stereocenters.